The standard InChI is InChI=1S/C13H15FO4S/c1-2-9-7-13(8-9,12(15)16)19(17,18)11-5-3-10(14)4-6-11/h3-6,9H,2,7-8H2,1H3,(H,15,16). The quantitative estimate of drug-likeness (QED) is 0.862. The van der Waals surface area contributed by atoms with Gasteiger partial charge in [-0.05, 0) is 43.0 Å². The molecule has 1 aliphatic rings. The minimum atomic E-state index is -3.99. The smallest absolute Gasteiger partial charge is 0.325 e. The highest BCUT2D eigenvalue weighted by Crippen LogP contribution is 2.48. The molecule has 0 unspecified atom stereocenters. The van der Waals surface area contributed by atoms with E-state index < -0.39 is 26.4 Å². The molecule has 0 saturated heterocycles. The van der Waals surface area contributed by atoms with Gasteiger partial charge in [0.15, 0.2) is 14.6 Å². The number of aliphatic carboxylic acids is 1. The lowest BCUT2D eigenvalue weighted by atomic mass is 9.73. The van der Waals surface area contributed by atoms with Crippen LogP contribution in [0.15, 0.2) is 29.2 Å². The molecule has 0 amide bonds. The fourth-order valence-electron chi connectivity index (χ4n) is 2.51. The normalized spacial score (nSPS) is 26.7. The van der Waals surface area contributed by atoms with Gasteiger partial charge in [0.2, 0.25) is 0 Å². The second-order valence-electron chi connectivity index (χ2n) is 4.94. The van der Waals surface area contributed by atoms with Crippen molar-refractivity contribution in [2.45, 2.75) is 35.8 Å². The summed E-state index contributed by atoms with van der Waals surface area (Å²) in [5.41, 5.74) is 0. The molecule has 1 fully saturated rings. The summed E-state index contributed by atoms with van der Waals surface area (Å²) in [6, 6.07) is 4.29. The van der Waals surface area contributed by atoms with Gasteiger partial charge in [0, 0.05) is 0 Å². The Balaban J connectivity index is 2.43. The number of carboxylic acid groups (broad SMARTS) is 1. The Bertz CT molecular complexity index is 586. The Morgan fingerprint density at radius 3 is 2.32 bits per heavy atom. The summed E-state index contributed by atoms with van der Waals surface area (Å²) in [7, 11) is -3.99. The van der Waals surface area contributed by atoms with Crippen molar-refractivity contribution in [2.75, 3.05) is 0 Å². The molecule has 1 aromatic carbocycles. The summed E-state index contributed by atoms with van der Waals surface area (Å²) in [5, 5.41) is 9.30. The molecule has 1 aliphatic carbocycles. The molecule has 19 heavy (non-hydrogen) atoms. The van der Waals surface area contributed by atoms with Crippen molar-refractivity contribution in [3.05, 3.63) is 30.1 Å². The Hall–Kier alpha value is -1.43. The van der Waals surface area contributed by atoms with Gasteiger partial charge in [0.05, 0.1) is 4.90 Å². The molecular weight excluding hydrogens is 271 g/mol. The van der Waals surface area contributed by atoms with Crippen molar-refractivity contribution in [3.8, 4) is 0 Å². The summed E-state index contributed by atoms with van der Waals surface area (Å²) < 4.78 is 36.0. The van der Waals surface area contributed by atoms with E-state index in [-0.39, 0.29) is 23.7 Å². The average molecular weight is 286 g/mol. The van der Waals surface area contributed by atoms with Crippen LogP contribution in [0.1, 0.15) is 26.2 Å². The van der Waals surface area contributed by atoms with Crippen LogP contribution in [0.2, 0.25) is 0 Å². The van der Waals surface area contributed by atoms with Crippen LogP contribution in [-0.4, -0.2) is 24.2 Å². The molecule has 4 nitrogen and oxygen atoms in total. The highest BCUT2D eigenvalue weighted by molar-refractivity contribution is 7.93. The minimum absolute atomic E-state index is 0.117. The van der Waals surface area contributed by atoms with Crippen molar-refractivity contribution in [2.24, 2.45) is 5.92 Å². The number of hydrogen-bond acceptors (Lipinski definition) is 3. The fraction of sp³-hybridized carbons (Fsp3) is 0.462. The van der Waals surface area contributed by atoms with Crippen molar-refractivity contribution in [3.63, 3.8) is 0 Å². The summed E-state index contributed by atoms with van der Waals surface area (Å²) in [5.74, 6) is -1.75. The van der Waals surface area contributed by atoms with Crippen LogP contribution in [0.3, 0.4) is 0 Å². The molecule has 0 aliphatic heterocycles. The van der Waals surface area contributed by atoms with E-state index >= 15 is 0 Å². The Kier molecular flexibility index (Phi) is 3.38. The van der Waals surface area contributed by atoms with E-state index in [2.05, 4.69) is 0 Å². The Labute approximate surface area is 111 Å². The zero-order valence-corrected chi connectivity index (χ0v) is 11.3. The summed E-state index contributed by atoms with van der Waals surface area (Å²) in [6.45, 7) is 1.90. The number of carbonyl (C=O) groups is 1. The van der Waals surface area contributed by atoms with Gasteiger partial charge in [-0.15, -0.1) is 0 Å². The predicted molar refractivity (Wildman–Crippen MR) is 67.0 cm³/mol. The molecule has 0 aromatic heterocycles. The van der Waals surface area contributed by atoms with Gasteiger partial charge in [-0.3, -0.25) is 4.79 Å². The van der Waals surface area contributed by atoms with Gasteiger partial charge in [0.1, 0.15) is 5.82 Å². The van der Waals surface area contributed by atoms with E-state index in [0.717, 1.165) is 30.7 Å². The fourth-order valence-corrected chi connectivity index (χ4v) is 4.60. The molecule has 1 N–H and O–H groups in total. The zero-order valence-electron chi connectivity index (χ0n) is 10.5. The Morgan fingerprint density at radius 1 is 1.37 bits per heavy atom. The molecule has 0 atom stereocenters. The van der Waals surface area contributed by atoms with Crippen LogP contribution >= 0.6 is 0 Å². The van der Waals surface area contributed by atoms with Crippen LogP contribution in [0.5, 0.6) is 0 Å². The third-order valence-corrected chi connectivity index (χ3v) is 6.27. The van der Waals surface area contributed by atoms with E-state index in [1.165, 1.54) is 0 Å². The lowest BCUT2D eigenvalue weighted by Crippen LogP contribution is -2.56. The van der Waals surface area contributed by atoms with Gasteiger partial charge in [-0.1, -0.05) is 13.3 Å². The number of sulfone groups is 1. The number of halogens is 1. The lowest BCUT2D eigenvalue weighted by Gasteiger charge is -2.43. The first kappa shape index (κ1) is 14.0. The van der Waals surface area contributed by atoms with Gasteiger partial charge < -0.3 is 5.11 Å². The number of carboxylic acids is 1. The maximum Gasteiger partial charge on any atom is 0.325 e. The van der Waals surface area contributed by atoms with Gasteiger partial charge >= 0.3 is 5.97 Å². The summed E-state index contributed by atoms with van der Waals surface area (Å²) >= 11 is 0. The molecule has 0 heterocycles. The van der Waals surface area contributed by atoms with E-state index in [1.807, 2.05) is 6.92 Å². The average Bonchev–Trinajstić information content (AvgIpc) is 2.27. The number of hydrogen-bond donors (Lipinski definition) is 1. The second kappa shape index (κ2) is 4.59. The highest BCUT2D eigenvalue weighted by atomic mass is 32.2. The SMILES string of the molecule is CCC1CC(C(=O)O)(S(=O)(=O)c2ccc(F)cc2)C1. The maximum atomic E-state index is 12.8. The molecular formula is C13H15FO4S. The molecule has 1 aromatic rings. The Morgan fingerprint density at radius 2 is 1.89 bits per heavy atom. The zero-order chi connectivity index (χ0) is 14.3. The first-order valence-electron chi connectivity index (χ1n) is 6.07. The molecule has 6 heteroatoms. The van der Waals surface area contributed by atoms with Gasteiger partial charge in [-0.2, -0.15) is 0 Å². The largest absolute Gasteiger partial charge is 0.480 e. The summed E-state index contributed by atoms with van der Waals surface area (Å²) in [4.78, 5) is 11.3. The van der Waals surface area contributed by atoms with Crippen molar-refractivity contribution >= 4 is 15.8 Å². The third kappa shape index (κ3) is 2.04. The second-order valence-corrected chi connectivity index (χ2v) is 7.20. The van der Waals surface area contributed by atoms with Crippen molar-refractivity contribution < 1.29 is 22.7 Å². The maximum absolute atomic E-state index is 12.8. The van der Waals surface area contributed by atoms with E-state index in [0.29, 0.717) is 0 Å². The third-order valence-electron chi connectivity index (χ3n) is 3.84. The topological polar surface area (TPSA) is 71.4 Å². The summed E-state index contributed by atoms with van der Waals surface area (Å²) in [6.07, 6.45) is 1.01. The first-order chi connectivity index (χ1) is 8.83. The van der Waals surface area contributed by atoms with E-state index in [1.54, 1.807) is 0 Å². The first-order valence-corrected chi connectivity index (χ1v) is 7.55. The van der Waals surface area contributed by atoms with Crippen molar-refractivity contribution in [1.29, 1.82) is 0 Å². The van der Waals surface area contributed by atoms with Crippen LogP contribution in [0.25, 0.3) is 0 Å². The van der Waals surface area contributed by atoms with Crippen LogP contribution in [-0.2, 0) is 14.6 Å². The number of benzene rings is 1. The molecule has 0 bridgehead atoms. The lowest BCUT2D eigenvalue weighted by molar-refractivity contribution is -0.144. The highest BCUT2D eigenvalue weighted by Gasteiger charge is 2.59. The van der Waals surface area contributed by atoms with Crippen molar-refractivity contribution in [1.82, 2.24) is 0 Å². The van der Waals surface area contributed by atoms with Gasteiger partial charge in [0.25, 0.3) is 0 Å². The van der Waals surface area contributed by atoms with Gasteiger partial charge in [-0.25, -0.2) is 12.8 Å². The minimum Gasteiger partial charge on any atom is -0.480 e. The molecule has 2 rings (SSSR count). The number of rotatable bonds is 4. The van der Waals surface area contributed by atoms with Crippen LogP contribution in [0, 0.1) is 11.7 Å². The van der Waals surface area contributed by atoms with Crippen LogP contribution < -0.4 is 0 Å². The molecule has 0 radical (unpaired) electrons. The monoisotopic (exact) mass is 286 g/mol. The molecule has 104 valence electrons. The van der Waals surface area contributed by atoms with E-state index in [9.17, 15) is 22.7 Å². The molecule has 1 saturated carbocycles. The van der Waals surface area contributed by atoms with Crippen LogP contribution in [0.4, 0.5) is 4.39 Å². The predicted octanol–water partition coefficient (Wildman–Crippen LogP) is 2.24. The van der Waals surface area contributed by atoms with E-state index in [4.69, 9.17) is 0 Å². The molecule has 0 spiro atoms.